The van der Waals surface area contributed by atoms with Crippen LogP contribution in [0.25, 0.3) is 0 Å². The summed E-state index contributed by atoms with van der Waals surface area (Å²) < 4.78 is 18.8. The monoisotopic (exact) mass is 331 g/mol. The summed E-state index contributed by atoms with van der Waals surface area (Å²) in [6.45, 7) is 5.37. The third-order valence-corrected chi connectivity index (χ3v) is 4.48. The van der Waals surface area contributed by atoms with Crippen LogP contribution in [0, 0.1) is 12.7 Å². The molecule has 2 heterocycles. The van der Waals surface area contributed by atoms with E-state index in [1.165, 1.54) is 12.1 Å². The van der Waals surface area contributed by atoms with Crippen molar-refractivity contribution in [1.82, 2.24) is 14.8 Å². The second-order valence-corrected chi connectivity index (χ2v) is 6.04. The third kappa shape index (κ3) is 3.43. The van der Waals surface area contributed by atoms with E-state index in [2.05, 4.69) is 9.88 Å². The van der Waals surface area contributed by atoms with Crippen LogP contribution in [-0.2, 0) is 6.54 Å². The van der Waals surface area contributed by atoms with Crippen LogP contribution in [0.1, 0.15) is 21.6 Å². The number of nitrogens with one attached hydrogen (secondary N) is 1. The molecular weight excluding hydrogens is 309 g/mol. The average Bonchev–Trinajstić information content (AvgIpc) is 3.01. The maximum atomic E-state index is 13.5. The van der Waals surface area contributed by atoms with E-state index in [1.807, 2.05) is 17.9 Å². The van der Waals surface area contributed by atoms with Crippen LogP contribution >= 0.6 is 0 Å². The molecule has 1 aromatic carbocycles. The minimum atomic E-state index is -0.262. The van der Waals surface area contributed by atoms with E-state index in [4.69, 9.17) is 4.74 Å². The molecule has 1 aliphatic heterocycles. The smallest absolute Gasteiger partial charge is 0.255 e. The highest BCUT2D eigenvalue weighted by molar-refractivity contribution is 5.95. The van der Waals surface area contributed by atoms with Gasteiger partial charge in [0.25, 0.3) is 5.91 Å². The largest absolute Gasteiger partial charge is 0.496 e. The molecule has 1 amide bonds. The summed E-state index contributed by atoms with van der Waals surface area (Å²) in [4.78, 5) is 19.6. The molecule has 0 unspecified atom stereocenters. The Kier molecular flexibility index (Phi) is 4.85. The zero-order valence-corrected chi connectivity index (χ0v) is 14.0. The van der Waals surface area contributed by atoms with Crippen molar-refractivity contribution in [2.45, 2.75) is 13.5 Å². The maximum absolute atomic E-state index is 13.5. The van der Waals surface area contributed by atoms with Crippen LogP contribution in [-0.4, -0.2) is 54.0 Å². The molecule has 0 saturated carbocycles. The number of halogens is 1. The summed E-state index contributed by atoms with van der Waals surface area (Å²) in [5.41, 5.74) is 2.46. The van der Waals surface area contributed by atoms with Crippen LogP contribution in [0.3, 0.4) is 0 Å². The number of rotatable bonds is 4. The number of piperazine rings is 1. The predicted molar refractivity (Wildman–Crippen MR) is 89.7 cm³/mol. The third-order valence-electron chi connectivity index (χ3n) is 4.48. The Bertz CT molecular complexity index is 721. The summed E-state index contributed by atoms with van der Waals surface area (Å²) in [6, 6.07) is 6.39. The van der Waals surface area contributed by atoms with Gasteiger partial charge in [0, 0.05) is 50.2 Å². The molecular formula is C18H22FN3O2. The molecule has 1 N–H and O–H groups in total. The molecule has 0 bridgehead atoms. The van der Waals surface area contributed by atoms with Gasteiger partial charge in [-0.1, -0.05) is 0 Å². The number of hydrogen-bond acceptors (Lipinski definition) is 3. The highest BCUT2D eigenvalue weighted by atomic mass is 19.1. The topological polar surface area (TPSA) is 48.6 Å². The van der Waals surface area contributed by atoms with E-state index in [0.29, 0.717) is 25.4 Å². The fraction of sp³-hybridized carbons (Fsp3) is 0.389. The van der Waals surface area contributed by atoms with E-state index < -0.39 is 0 Å². The number of aromatic nitrogens is 1. The van der Waals surface area contributed by atoms with Gasteiger partial charge in [0.2, 0.25) is 0 Å². The lowest BCUT2D eigenvalue weighted by molar-refractivity contribution is 0.0627. The first-order chi connectivity index (χ1) is 11.6. The molecule has 0 aliphatic carbocycles. The number of ether oxygens (including phenoxy) is 1. The van der Waals surface area contributed by atoms with Crippen molar-refractivity contribution in [1.29, 1.82) is 0 Å². The minimum Gasteiger partial charge on any atom is -0.496 e. The molecule has 128 valence electrons. The number of H-pyrrole nitrogens is 1. The van der Waals surface area contributed by atoms with Gasteiger partial charge in [-0.2, -0.15) is 0 Å². The standard InChI is InChI=1S/C18H22FN3O2/c1-13-16(5-6-20-13)18(23)22-9-7-21(8-10-22)12-14-11-15(19)3-4-17(14)24-2/h3-6,11,20H,7-10,12H2,1-2H3. The highest BCUT2D eigenvalue weighted by Gasteiger charge is 2.24. The molecule has 1 fully saturated rings. The van der Waals surface area contributed by atoms with Crippen molar-refractivity contribution in [2.75, 3.05) is 33.3 Å². The Hall–Kier alpha value is -2.34. The average molecular weight is 331 g/mol. The molecule has 0 radical (unpaired) electrons. The van der Waals surface area contributed by atoms with Gasteiger partial charge in [-0.15, -0.1) is 0 Å². The van der Waals surface area contributed by atoms with E-state index in [-0.39, 0.29) is 11.7 Å². The van der Waals surface area contributed by atoms with Crippen molar-refractivity contribution in [3.05, 3.63) is 53.1 Å². The number of carbonyl (C=O) groups is 1. The van der Waals surface area contributed by atoms with E-state index in [9.17, 15) is 9.18 Å². The second kappa shape index (κ2) is 7.05. The molecule has 0 atom stereocenters. The SMILES string of the molecule is COc1ccc(F)cc1CN1CCN(C(=O)c2cc[nH]c2C)CC1. The number of aromatic amines is 1. The van der Waals surface area contributed by atoms with Gasteiger partial charge >= 0.3 is 0 Å². The molecule has 3 rings (SSSR count). The number of methoxy groups -OCH3 is 1. The first-order valence-corrected chi connectivity index (χ1v) is 8.06. The Labute approximate surface area is 141 Å². The van der Waals surface area contributed by atoms with E-state index >= 15 is 0 Å². The van der Waals surface area contributed by atoms with Crippen molar-refractivity contribution in [3.8, 4) is 5.75 Å². The lowest BCUT2D eigenvalue weighted by atomic mass is 10.1. The molecule has 1 saturated heterocycles. The fourth-order valence-electron chi connectivity index (χ4n) is 3.08. The Morgan fingerprint density at radius 2 is 2.00 bits per heavy atom. The van der Waals surface area contributed by atoms with Crippen LogP contribution in [0.4, 0.5) is 4.39 Å². The van der Waals surface area contributed by atoms with Crippen LogP contribution in [0.2, 0.25) is 0 Å². The van der Waals surface area contributed by atoms with Crippen LogP contribution in [0.5, 0.6) is 5.75 Å². The molecule has 0 spiro atoms. The molecule has 5 nitrogen and oxygen atoms in total. The van der Waals surface area contributed by atoms with Gasteiger partial charge in [0.05, 0.1) is 12.7 Å². The molecule has 24 heavy (non-hydrogen) atoms. The molecule has 1 aromatic heterocycles. The van der Waals surface area contributed by atoms with Crippen LogP contribution in [0.15, 0.2) is 30.5 Å². The summed E-state index contributed by atoms with van der Waals surface area (Å²) in [5.74, 6) is 0.497. The zero-order valence-electron chi connectivity index (χ0n) is 14.0. The molecule has 2 aromatic rings. The number of hydrogen-bond donors (Lipinski definition) is 1. The number of amides is 1. The summed E-state index contributed by atoms with van der Waals surface area (Å²) >= 11 is 0. The number of carbonyl (C=O) groups excluding carboxylic acids is 1. The number of aryl methyl sites for hydroxylation is 1. The van der Waals surface area contributed by atoms with Gasteiger partial charge in [0.1, 0.15) is 11.6 Å². The van der Waals surface area contributed by atoms with Gasteiger partial charge in [-0.25, -0.2) is 4.39 Å². The van der Waals surface area contributed by atoms with E-state index in [1.54, 1.807) is 19.4 Å². The highest BCUT2D eigenvalue weighted by Crippen LogP contribution is 2.22. The fourth-order valence-corrected chi connectivity index (χ4v) is 3.08. The second-order valence-electron chi connectivity index (χ2n) is 6.04. The molecule has 6 heteroatoms. The first-order valence-electron chi connectivity index (χ1n) is 8.06. The summed E-state index contributed by atoms with van der Waals surface area (Å²) in [5, 5.41) is 0. The quantitative estimate of drug-likeness (QED) is 0.936. The molecule has 1 aliphatic rings. The summed E-state index contributed by atoms with van der Waals surface area (Å²) in [7, 11) is 1.59. The van der Waals surface area contributed by atoms with E-state index in [0.717, 1.165) is 29.9 Å². The van der Waals surface area contributed by atoms with Crippen molar-refractivity contribution in [2.24, 2.45) is 0 Å². The van der Waals surface area contributed by atoms with Gasteiger partial charge in [0.15, 0.2) is 0 Å². The van der Waals surface area contributed by atoms with Crippen molar-refractivity contribution in [3.63, 3.8) is 0 Å². The number of nitrogens with zero attached hydrogens (tertiary/aromatic N) is 2. The Morgan fingerprint density at radius 3 is 2.62 bits per heavy atom. The summed E-state index contributed by atoms with van der Waals surface area (Å²) in [6.07, 6.45) is 1.79. The first kappa shape index (κ1) is 16.5. The normalized spacial score (nSPS) is 15.5. The lowest BCUT2D eigenvalue weighted by Crippen LogP contribution is -2.48. The van der Waals surface area contributed by atoms with Gasteiger partial charge in [-0.3, -0.25) is 9.69 Å². The maximum Gasteiger partial charge on any atom is 0.255 e. The Balaban J connectivity index is 1.61. The van der Waals surface area contributed by atoms with Gasteiger partial charge < -0.3 is 14.6 Å². The van der Waals surface area contributed by atoms with Crippen molar-refractivity contribution < 1.29 is 13.9 Å². The minimum absolute atomic E-state index is 0.0664. The number of benzene rings is 1. The lowest BCUT2D eigenvalue weighted by Gasteiger charge is -2.35. The van der Waals surface area contributed by atoms with Crippen molar-refractivity contribution >= 4 is 5.91 Å². The zero-order chi connectivity index (χ0) is 17.1. The van der Waals surface area contributed by atoms with Gasteiger partial charge in [-0.05, 0) is 31.2 Å². The predicted octanol–water partition coefficient (Wildman–Crippen LogP) is 2.43. The van der Waals surface area contributed by atoms with Crippen LogP contribution < -0.4 is 4.74 Å². The Morgan fingerprint density at radius 1 is 1.25 bits per heavy atom.